The minimum atomic E-state index is -3.42. The van der Waals surface area contributed by atoms with Crippen molar-refractivity contribution in [2.45, 2.75) is 26.1 Å². The number of guanidine groups is 1. The van der Waals surface area contributed by atoms with Gasteiger partial charge >= 0.3 is 0 Å². The molecule has 10 heteroatoms. The minimum Gasteiger partial charge on any atom is -0.378 e. The molecule has 0 aliphatic carbocycles. The van der Waals surface area contributed by atoms with Crippen molar-refractivity contribution >= 4 is 21.7 Å². The molecule has 31 heavy (non-hydrogen) atoms. The van der Waals surface area contributed by atoms with Gasteiger partial charge in [-0.15, -0.1) is 0 Å². The highest BCUT2D eigenvalue weighted by molar-refractivity contribution is 7.88. The van der Waals surface area contributed by atoms with Gasteiger partial charge < -0.3 is 19.6 Å². The van der Waals surface area contributed by atoms with Gasteiger partial charge in [0.2, 0.25) is 10.0 Å². The Hall–Kier alpha value is -2.59. The molecule has 3 rings (SSSR count). The summed E-state index contributed by atoms with van der Waals surface area (Å²) in [6, 6.07) is 7.96. The molecule has 0 atom stereocenters. The van der Waals surface area contributed by atoms with Crippen LogP contribution in [0.15, 0.2) is 40.0 Å². The Morgan fingerprint density at radius 2 is 1.97 bits per heavy atom. The maximum Gasteiger partial charge on any atom is 0.220 e. The van der Waals surface area contributed by atoms with Crippen molar-refractivity contribution in [1.82, 2.24) is 19.7 Å². The molecule has 1 aromatic heterocycles. The largest absolute Gasteiger partial charge is 0.378 e. The van der Waals surface area contributed by atoms with E-state index in [9.17, 15) is 8.42 Å². The smallest absolute Gasteiger partial charge is 0.220 e. The van der Waals surface area contributed by atoms with Crippen LogP contribution in [0.25, 0.3) is 0 Å². The quantitative estimate of drug-likeness (QED) is 0.508. The second-order valence-corrected chi connectivity index (χ2v) is 9.78. The van der Waals surface area contributed by atoms with Crippen LogP contribution in [-0.4, -0.2) is 75.6 Å². The van der Waals surface area contributed by atoms with E-state index >= 15 is 0 Å². The molecule has 0 amide bonds. The summed E-state index contributed by atoms with van der Waals surface area (Å²) in [6.07, 6.45) is 1.39. The summed E-state index contributed by atoms with van der Waals surface area (Å²) >= 11 is 0. The number of anilines is 1. The maximum absolute atomic E-state index is 12.7. The summed E-state index contributed by atoms with van der Waals surface area (Å²) < 4.78 is 31.6. The van der Waals surface area contributed by atoms with E-state index in [1.54, 1.807) is 6.07 Å². The van der Waals surface area contributed by atoms with Crippen molar-refractivity contribution < 1.29 is 12.9 Å². The van der Waals surface area contributed by atoms with Gasteiger partial charge in [0.1, 0.15) is 12.0 Å². The van der Waals surface area contributed by atoms with E-state index < -0.39 is 10.0 Å². The van der Waals surface area contributed by atoms with E-state index in [4.69, 9.17) is 9.52 Å². The zero-order valence-corrected chi connectivity index (χ0v) is 19.5. The van der Waals surface area contributed by atoms with Gasteiger partial charge in [0.15, 0.2) is 5.96 Å². The lowest BCUT2D eigenvalue weighted by Crippen LogP contribution is -2.53. The van der Waals surface area contributed by atoms with Crippen molar-refractivity contribution in [3.8, 4) is 0 Å². The predicted molar refractivity (Wildman–Crippen MR) is 123 cm³/mol. The molecule has 170 valence electrons. The van der Waals surface area contributed by atoms with E-state index in [1.807, 2.05) is 21.0 Å². The van der Waals surface area contributed by atoms with Gasteiger partial charge in [0.05, 0.1) is 12.2 Å². The van der Waals surface area contributed by atoms with Gasteiger partial charge in [-0.05, 0) is 37.1 Å². The van der Waals surface area contributed by atoms with Gasteiger partial charge in [-0.3, -0.25) is 0 Å². The van der Waals surface area contributed by atoms with Gasteiger partial charge in [-0.25, -0.2) is 13.4 Å². The van der Waals surface area contributed by atoms with Crippen molar-refractivity contribution in [2.75, 3.05) is 51.7 Å². The van der Waals surface area contributed by atoms with Crippen LogP contribution in [0.2, 0.25) is 0 Å². The summed E-state index contributed by atoms with van der Waals surface area (Å²) in [6.45, 7) is 7.47. The summed E-state index contributed by atoms with van der Waals surface area (Å²) in [5.41, 5.74) is 3.97. The summed E-state index contributed by atoms with van der Waals surface area (Å²) in [5, 5.41) is 7.05. The zero-order chi connectivity index (χ0) is 22.4. The number of nitrogens with one attached hydrogen (secondary N) is 1. The lowest BCUT2D eigenvalue weighted by atomic mass is 10.1. The number of piperazine rings is 1. The molecule has 2 aromatic rings. The Morgan fingerprint density at radius 1 is 1.23 bits per heavy atom. The molecular weight excluding hydrogens is 416 g/mol. The number of hydrogen-bond donors (Lipinski definition) is 1. The number of aryl methyl sites for hydroxylation is 1. The molecule has 1 saturated heterocycles. The first-order valence-electron chi connectivity index (χ1n) is 10.5. The Labute approximate surface area is 184 Å². The molecular formula is C21H32N6O3S. The van der Waals surface area contributed by atoms with Crippen LogP contribution in [0.3, 0.4) is 0 Å². The predicted octanol–water partition coefficient (Wildman–Crippen LogP) is 1.66. The topological polar surface area (TPSA) is 94.3 Å². The average Bonchev–Trinajstić information content (AvgIpc) is 3.24. The molecule has 0 radical (unpaired) electrons. The average molecular weight is 449 g/mol. The molecule has 1 aliphatic rings. The van der Waals surface area contributed by atoms with Gasteiger partial charge in [0.25, 0.3) is 0 Å². The normalized spacial score (nSPS) is 15.9. The van der Waals surface area contributed by atoms with Crippen molar-refractivity contribution in [3.05, 3.63) is 47.3 Å². The zero-order valence-electron chi connectivity index (χ0n) is 18.7. The van der Waals surface area contributed by atoms with E-state index in [0.717, 1.165) is 12.5 Å². The third-order valence-electron chi connectivity index (χ3n) is 5.33. The molecule has 1 aliphatic heterocycles. The first-order chi connectivity index (χ1) is 14.8. The summed E-state index contributed by atoms with van der Waals surface area (Å²) in [4.78, 5) is 9.02. The SMILES string of the molecule is CCNC(=NCc1ccc(N(C)C)cc1C)N1CCN(S(=O)(=O)Cc2ccon2)CC1. The number of sulfonamides is 1. The van der Waals surface area contributed by atoms with E-state index in [2.05, 4.69) is 45.4 Å². The van der Waals surface area contributed by atoms with Crippen LogP contribution in [0.1, 0.15) is 23.7 Å². The molecule has 1 N–H and O–H groups in total. The first kappa shape index (κ1) is 23.1. The van der Waals surface area contributed by atoms with E-state index in [0.29, 0.717) is 38.4 Å². The molecule has 0 bridgehead atoms. The lowest BCUT2D eigenvalue weighted by Gasteiger charge is -2.35. The van der Waals surface area contributed by atoms with Crippen LogP contribution in [0.4, 0.5) is 5.69 Å². The minimum absolute atomic E-state index is 0.139. The Morgan fingerprint density at radius 3 is 2.55 bits per heavy atom. The number of nitrogens with zero attached hydrogens (tertiary/aromatic N) is 5. The van der Waals surface area contributed by atoms with Crippen LogP contribution in [0.5, 0.6) is 0 Å². The fraction of sp³-hybridized carbons (Fsp3) is 0.524. The second-order valence-electron chi connectivity index (χ2n) is 7.81. The monoisotopic (exact) mass is 448 g/mol. The number of rotatable bonds is 7. The number of aromatic nitrogens is 1. The highest BCUT2D eigenvalue weighted by Gasteiger charge is 2.29. The standard InChI is InChI=1S/C21H32N6O3S/c1-5-22-21(23-15-18-6-7-20(25(3)4)14-17(18)2)26-9-11-27(12-10-26)31(28,29)16-19-8-13-30-24-19/h6-8,13-14H,5,9-12,15-16H2,1-4H3,(H,22,23). The lowest BCUT2D eigenvalue weighted by molar-refractivity contribution is 0.259. The molecule has 2 heterocycles. The fourth-order valence-corrected chi connectivity index (χ4v) is 4.91. The molecule has 0 spiro atoms. The first-order valence-corrected chi connectivity index (χ1v) is 12.1. The Kier molecular flexibility index (Phi) is 7.55. The number of hydrogen-bond acceptors (Lipinski definition) is 6. The van der Waals surface area contributed by atoms with Crippen molar-refractivity contribution in [1.29, 1.82) is 0 Å². The third kappa shape index (κ3) is 5.98. The van der Waals surface area contributed by atoms with Crippen LogP contribution < -0.4 is 10.2 Å². The highest BCUT2D eigenvalue weighted by Crippen LogP contribution is 2.18. The van der Waals surface area contributed by atoms with Crippen molar-refractivity contribution in [2.24, 2.45) is 4.99 Å². The van der Waals surface area contributed by atoms with Crippen molar-refractivity contribution in [3.63, 3.8) is 0 Å². The van der Waals surface area contributed by atoms with E-state index in [-0.39, 0.29) is 5.75 Å². The van der Waals surface area contributed by atoms with Crippen LogP contribution in [-0.2, 0) is 22.3 Å². The number of aliphatic imine (C=N–C) groups is 1. The molecule has 0 unspecified atom stereocenters. The summed E-state index contributed by atoms with van der Waals surface area (Å²) in [5.74, 6) is 0.673. The molecule has 1 fully saturated rings. The number of benzene rings is 1. The molecule has 0 saturated carbocycles. The van der Waals surface area contributed by atoms with E-state index in [1.165, 1.54) is 27.4 Å². The van der Waals surface area contributed by atoms with Crippen LogP contribution >= 0.6 is 0 Å². The second kappa shape index (κ2) is 10.1. The molecule has 9 nitrogen and oxygen atoms in total. The highest BCUT2D eigenvalue weighted by atomic mass is 32.2. The van der Waals surface area contributed by atoms with Crippen LogP contribution in [0, 0.1) is 6.92 Å². The fourth-order valence-electron chi connectivity index (χ4n) is 3.49. The third-order valence-corrected chi connectivity index (χ3v) is 7.14. The molecule has 1 aromatic carbocycles. The van der Waals surface area contributed by atoms with Gasteiger partial charge in [-0.2, -0.15) is 4.31 Å². The summed E-state index contributed by atoms with van der Waals surface area (Å²) in [7, 11) is 0.639. The Bertz CT molecular complexity index is 981. The Balaban J connectivity index is 1.63. The van der Waals surface area contributed by atoms with Gasteiger partial charge in [-0.1, -0.05) is 11.2 Å². The van der Waals surface area contributed by atoms with Gasteiger partial charge in [0, 0.05) is 58.6 Å². The maximum atomic E-state index is 12.7.